The smallest absolute Gasteiger partial charge is 0.0278 e. The largest absolute Gasteiger partial charge is 0.309 e. The van der Waals surface area contributed by atoms with Gasteiger partial charge in [-0.3, -0.25) is 4.90 Å². The first-order chi connectivity index (χ1) is 8.02. The van der Waals surface area contributed by atoms with E-state index in [1.54, 1.807) is 0 Å². The Balaban J connectivity index is 2.56. The Morgan fingerprint density at radius 1 is 1.47 bits per heavy atom. The quantitative estimate of drug-likeness (QED) is 0.738. The number of thioether (sulfide) groups is 1. The van der Waals surface area contributed by atoms with E-state index in [0.29, 0.717) is 5.54 Å². The molecule has 0 saturated carbocycles. The lowest BCUT2D eigenvalue weighted by molar-refractivity contribution is 0.0607. The molecular weight excluding hydrogens is 228 g/mol. The minimum absolute atomic E-state index is 0.324. The fraction of sp³-hybridized carbons (Fsp3) is 1.00. The maximum absolute atomic E-state index is 3.75. The van der Waals surface area contributed by atoms with Gasteiger partial charge in [0.1, 0.15) is 0 Å². The van der Waals surface area contributed by atoms with Gasteiger partial charge >= 0.3 is 0 Å². The summed E-state index contributed by atoms with van der Waals surface area (Å²) in [5.74, 6) is 2.04. The van der Waals surface area contributed by atoms with Crippen LogP contribution in [0.5, 0.6) is 0 Å². The van der Waals surface area contributed by atoms with Crippen molar-refractivity contribution in [2.45, 2.75) is 52.1 Å². The monoisotopic (exact) mass is 258 g/mol. The van der Waals surface area contributed by atoms with Crippen molar-refractivity contribution >= 4 is 11.8 Å². The molecule has 2 nitrogen and oxygen atoms in total. The number of hydrogen-bond donors (Lipinski definition) is 1. The van der Waals surface area contributed by atoms with Gasteiger partial charge in [-0.05, 0) is 44.2 Å². The predicted octanol–water partition coefficient (Wildman–Crippen LogP) is 2.84. The fourth-order valence-corrected chi connectivity index (χ4v) is 3.07. The average molecular weight is 258 g/mol. The lowest BCUT2D eigenvalue weighted by Gasteiger charge is -2.47. The Morgan fingerprint density at radius 2 is 2.18 bits per heavy atom. The summed E-state index contributed by atoms with van der Waals surface area (Å²) in [7, 11) is 0. The molecule has 2 atom stereocenters. The zero-order valence-corrected chi connectivity index (χ0v) is 13.1. The van der Waals surface area contributed by atoms with Gasteiger partial charge in [0.2, 0.25) is 0 Å². The maximum Gasteiger partial charge on any atom is 0.0278 e. The van der Waals surface area contributed by atoms with Crippen molar-refractivity contribution in [3.05, 3.63) is 0 Å². The van der Waals surface area contributed by atoms with E-state index < -0.39 is 0 Å². The third-order valence-electron chi connectivity index (χ3n) is 4.10. The van der Waals surface area contributed by atoms with Crippen molar-refractivity contribution in [1.29, 1.82) is 0 Å². The highest BCUT2D eigenvalue weighted by molar-refractivity contribution is 7.98. The lowest BCUT2D eigenvalue weighted by atomic mass is 9.90. The molecular formula is C14H30N2S. The van der Waals surface area contributed by atoms with Crippen LogP contribution in [0.2, 0.25) is 0 Å². The summed E-state index contributed by atoms with van der Waals surface area (Å²) in [6.07, 6.45) is 4.74. The highest BCUT2D eigenvalue weighted by Crippen LogP contribution is 2.23. The number of nitrogens with zero attached hydrogens (tertiary/aromatic N) is 1. The Kier molecular flexibility index (Phi) is 6.32. The van der Waals surface area contributed by atoms with Crippen LogP contribution in [-0.2, 0) is 0 Å². The number of piperazine rings is 1. The molecule has 2 unspecified atom stereocenters. The van der Waals surface area contributed by atoms with Crippen molar-refractivity contribution in [2.24, 2.45) is 5.92 Å². The molecule has 0 bridgehead atoms. The summed E-state index contributed by atoms with van der Waals surface area (Å²) in [5.41, 5.74) is 0.324. The summed E-state index contributed by atoms with van der Waals surface area (Å²) in [4.78, 5) is 2.72. The molecule has 3 heteroatoms. The zero-order chi connectivity index (χ0) is 12.9. The minimum atomic E-state index is 0.324. The first-order valence-electron chi connectivity index (χ1n) is 7.00. The molecule has 1 rings (SSSR count). The van der Waals surface area contributed by atoms with E-state index in [2.05, 4.69) is 44.2 Å². The molecule has 0 aliphatic carbocycles. The summed E-state index contributed by atoms with van der Waals surface area (Å²) in [5, 5.41) is 3.75. The Bertz CT molecular complexity index is 220. The molecule has 1 heterocycles. The van der Waals surface area contributed by atoms with Crippen LogP contribution in [0.3, 0.4) is 0 Å². The van der Waals surface area contributed by atoms with E-state index >= 15 is 0 Å². The van der Waals surface area contributed by atoms with Crippen LogP contribution in [0.4, 0.5) is 0 Å². The highest BCUT2D eigenvalue weighted by Gasteiger charge is 2.35. The molecule has 0 radical (unpaired) electrons. The van der Waals surface area contributed by atoms with Gasteiger partial charge in [0.25, 0.3) is 0 Å². The van der Waals surface area contributed by atoms with Crippen LogP contribution in [-0.4, -0.2) is 48.1 Å². The second-order valence-electron chi connectivity index (χ2n) is 5.92. The lowest BCUT2D eigenvalue weighted by Crippen LogP contribution is -2.64. The summed E-state index contributed by atoms with van der Waals surface area (Å²) >= 11 is 1.96. The molecule has 1 fully saturated rings. The van der Waals surface area contributed by atoms with Crippen LogP contribution in [0, 0.1) is 5.92 Å². The van der Waals surface area contributed by atoms with Crippen LogP contribution in [0.1, 0.15) is 40.5 Å². The SMILES string of the molecule is CCC1(C)CN(CCCSC)C(C(C)C)CN1. The number of nitrogens with one attached hydrogen (secondary N) is 1. The van der Waals surface area contributed by atoms with Crippen molar-refractivity contribution in [3.63, 3.8) is 0 Å². The third kappa shape index (κ3) is 4.46. The molecule has 17 heavy (non-hydrogen) atoms. The van der Waals surface area contributed by atoms with E-state index in [1.807, 2.05) is 11.8 Å². The second kappa shape index (κ2) is 7.01. The molecule has 102 valence electrons. The van der Waals surface area contributed by atoms with Crippen molar-refractivity contribution in [2.75, 3.05) is 31.6 Å². The van der Waals surface area contributed by atoms with Crippen LogP contribution < -0.4 is 5.32 Å². The van der Waals surface area contributed by atoms with Crippen molar-refractivity contribution in [1.82, 2.24) is 10.2 Å². The van der Waals surface area contributed by atoms with Crippen molar-refractivity contribution < 1.29 is 0 Å². The normalized spacial score (nSPS) is 31.1. The highest BCUT2D eigenvalue weighted by atomic mass is 32.2. The van der Waals surface area contributed by atoms with Gasteiger partial charge in [0, 0.05) is 24.7 Å². The first kappa shape index (κ1) is 15.3. The van der Waals surface area contributed by atoms with Crippen LogP contribution in [0.15, 0.2) is 0 Å². The van der Waals surface area contributed by atoms with Crippen LogP contribution in [0.25, 0.3) is 0 Å². The third-order valence-corrected chi connectivity index (χ3v) is 4.80. The molecule has 0 spiro atoms. The van der Waals surface area contributed by atoms with E-state index in [1.165, 1.54) is 31.7 Å². The van der Waals surface area contributed by atoms with Crippen molar-refractivity contribution in [3.8, 4) is 0 Å². The standard InChI is InChI=1S/C14H30N2S/c1-6-14(4)11-16(8-7-9-17-5)13(10-15-14)12(2)3/h12-13,15H,6-11H2,1-5H3. The van der Waals surface area contributed by atoms with Gasteiger partial charge in [0.15, 0.2) is 0 Å². The molecule has 0 aromatic rings. The van der Waals surface area contributed by atoms with E-state index in [0.717, 1.165) is 18.5 Å². The van der Waals surface area contributed by atoms with Gasteiger partial charge in [-0.15, -0.1) is 0 Å². The minimum Gasteiger partial charge on any atom is -0.309 e. The number of hydrogen-bond acceptors (Lipinski definition) is 3. The van der Waals surface area contributed by atoms with Gasteiger partial charge < -0.3 is 5.32 Å². The fourth-order valence-electron chi connectivity index (χ4n) is 2.65. The predicted molar refractivity (Wildman–Crippen MR) is 79.9 cm³/mol. The van der Waals surface area contributed by atoms with Gasteiger partial charge in [-0.1, -0.05) is 20.8 Å². The Hall–Kier alpha value is 0.270. The summed E-state index contributed by atoms with van der Waals surface area (Å²) in [6.45, 7) is 13.0. The van der Waals surface area contributed by atoms with E-state index in [9.17, 15) is 0 Å². The maximum atomic E-state index is 3.75. The van der Waals surface area contributed by atoms with E-state index in [-0.39, 0.29) is 0 Å². The Morgan fingerprint density at radius 3 is 2.71 bits per heavy atom. The molecule has 0 aromatic carbocycles. The van der Waals surface area contributed by atoms with Crippen LogP contribution >= 0.6 is 11.8 Å². The average Bonchev–Trinajstić information content (AvgIpc) is 2.29. The van der Waals surface area contributed by atoms with Gasteiger partial charge in [-0.25, -0.2) is 0 Å². The van der Waals surface area contributed by atoms with E-state index in [4.69, 9.17) is 0 Å². The number of rotatable bonds is 6. The van der Waals surface area contributed by atoms with Gasteiger partial charge in [-0.2, -0.15) is 11.8 Å². The topological polar surface area (TPSA) is 15.3 Å². The molecule has 1 aliphatic rings. The molecule has 1 N–H and O–H groups in total. The van der Waals surface area contributed by atoms with Gasteiger partial charge in [0.05, 0.1) is 0 Å². The molecule has 1 saturated heterocycles. The first-order valence-corrected chi connectivity index (χ1v) is 8.40. The molecule has 0 amide bonds. The second-order valence-corrected chi connectivity index (χ2v) is 6.91. The summed E-state index contributed by atoms with van der Waals surface area (Å²) < 4.78 is 0. The molecule has 1 aliphatic heterocycles. The zero-order valence-electron chi connectivity index (χ0n) is 12.3. The molecule has 0 aromatic heterocycles. The summed E-state index contributed by atoms with van der Waals surface area (Å²) in [6, 6.07) is 0.719. The Labute approximate surface area is 112 Å².